The maximum Gasteiger partial charge on any atom is 0.274 e. The smallest absolute Gasteiger partial charge is 0.274 e. The van der Waals surface area contributed by atoms with Gasteiger partial charge in [0.05, 0.1) is 24.1 Å². The number of H-pyrrole nitrogens is 1. The molecule has 0 spiro atoms. The fraction of sp³-hybridized carbons (Fsp3) is 0.208. The number of fused-ring (bicyclic) bond motifs is 1. The number of nitrogens with one attached hydrogen (secondary N) is 3. The highest BCUT2D eigenvalue weighted by Gasteiger charge is 2.28. The van der Waals surface area contributed by atoms with Crippen LogP contribution < -0.4 is 10.6 Å². The number of aromatic amines is 1. The maximum absolute atomic E-state index is 13.0. The summed E-state index contributed by atoms with van der Waals surface area (Å²) in [6, 6.07) is 10.3. The topological polar surface area (TPSA) is 120 Å². The molecule has 0 saturated carbocycles. The largest absolute Gasteiger partial charge is 0.507 e. The average Bonchev–Trinajstić information content (AvgIpc) is 3.58. The number of carbonyl (C=O) groups is 2. The fourth-order valence-electron chi connectivity index (χ4n) is 4.00. The van der Waals surface area contributed by atoms with E-state index in [0.717, 1.165) is 35.3 Å². The van der Waals surface area contributed by atoms with Crippen molar-refractivity contribution < 1.29 is 19.1 Å². The van der Waals surface area contributed by atoms with Crippen molar-refractivity contribution in [1.82, 2.24) is 15.5 Å². The van der Waals surface area contributed by atoms with Crippen molar-refractivity contribution in [2.24, 2.45) is 0 Å². The molecule has 1 aliphatic rings. The molecule has 8 nitrogen and oxygen atoms in total. The minimum Gasteiger partial charge on any atom is -0.507 e. The summed E-state index contributed by atoms with van der Waals surface area (Å²) in [5.74, 6) is 0.103. The van der Waals surface area contributed by atoms with Gasteiger partial charge in [-0.05, 0) is 62.1 Å². The van der Waals surface area contributed by atoms with Crippen LogP contribution in [0.25, 0.3) is 11.3 Å². The molecule has 1 aliphatic carbocycles. The zero-order valence-corrected chi connectivity index (χ0v) is 18.7. The number of rotatable bonds is 6. The summed E-state index contributed by atoms with van der Waals surface area (Å²) in [4.78, 5) is 27.1. The highest BCUT2D eigenvalue weighted by atomic mass is 32.1. The minimum atomic E-state index is -0.402. The van der Waals surface area contributed by atoms with Crippen LogP contribution in [0, 0.1) is 6.92 Å². The molecular weight excluding hydrogens is 440 g/mol. The third kappa shape index (κ3) is 4.14. The molecule has 168 valence electrons. The summed E-state index contributed by atoms with van der Waals surface area (Å²) in [6.07, 6.45) is 4.27. The van der Waals surface area contributed by atoms with Crippen molar-refractivity contribution in [3.8, 4) is 17.0 Å². The van der Waals surface area contributed by atoms with Crippen molar-refractivity contribution in [3.63, 3.8) is 0 Å². The summed E-state index contributed by atoms with van der Waals surface area (Å²) in [6.45, 7) is 2.19. The molecule has 0 atom stereocenters. The zero-order valence-electron chi connectivity index (χ0n) is 17.9. The van der Waals surface area contributed by atoms with Crippen molar-refractivity contribution in [2.45, 2.75) is 32.7 Å². The standard InChI is InChI=1S/C24H22N4O4S/c1-13-7-8-19(29)16(10-13)17-11-18(28-27-17)22(30)26-24-21(15-5-2-6-20(15)33-24)23(31)25-12-14-4-3-9-32-14/h3-4,7-11,29H,2,5-6,12H2,1H3,(H,25,31)(H,26,30)(H,27,28). The zero-order chi connectivity index (χ0) is 22.9. The number of phenolic OH excluding ortho intramolecular Hbond substituents is 1. The SMILES string of the molecule is Cc1ccc(O)c(-c2cc(C(=O)Nc3sc4c(c3C(=O)NCc3ccco3)CCC4)[nH]n2)c1. The number of hydrogen-bond donors (Lipinski definition) is 4. The number of aryl methyl sites for hydroxylation is 2. The molecule has 33 heavy (non-hydrogen) atoms. The lowest BCUT2D eigenvalue weighted by atomic mass is 10.1. The molecule has 0 aliphatic heterocycles. The second kappa shape index (κ2) is 8.59. The number of anilines is 1. The summed E-state index contributed by atoms with van der Waals surface area (Å²) in [5, 5.41) is 23.4. The van der Waals surface area contributed by atoms with Crippen LogP contribution >= 0.6 is 11.3 Å². The van der Waals surface area contributed by atoms with Crippen LogP contribution in [0.5, 0.6) is 5.75 Å². The Morgan fingerprint density at radius 2 is 2.09 bits per heavy atom. The molecule has 3 heterocycles. The highest BCUT2D eigenvalue weighted by molar-refractivity contribution is 7.17. The van der Waals surface area contributed by atoms with E-state index in [4.69, 9.17) is 4.42 Å². The second-order valence-corrected chi connectivity index (χ2v) is 9.07. The van der Waals surface area contributed by atoms with Crippen molar-refractivity contribution in [1.29, 1.82) is 0 Å². The first kappa shape index (κ1) is 21.0. The van der Waals surface area contributed by atoms with Gasteiger partial charge in [-0.15, -0.1) is 11.3 Å². The number of benzene rings is 1. The number of aromatic nitrogens is 2. The molecular formula is C24H22N4O4S. The van der Waals surface area contributed by atoms with E-state index in [2.05, 4.69) is 20.8 Å². The molecule has 0 fully saturated rings. The normalized spacial score (nSPS) is 12.5. The maximum atomic E-state index is 13.0. The number of phenols is 1. The third-order valence-electron chi connectivity index (χ3n) is 5.63. The molecule has 2 amide bonds. The molecule has 0 bridgehead atoms. The number of nitrogens with zero attached hydrogens (tertiary/aromatic N) is 1. The van der Waals surface area contributed by atoms with E-state index < -0.39 is 5.91 Å². The molecule has 9 heteroatoms. The minimum absolute atomic E-state index is 0.0873. The van der Waals surface area contributed by atoms with E-state index in [1.165, 1.54) is 11.3 Å². The van der Waals surface area contributed by atoms with E-state index in [1.54, 1.807) is 42.7 Å². The first-order valence-electron chi connectivity index (χ1n) is 10.6. The summed E-state index contributed by atoms with van der Waals surface area (Å²) in [5.41, 5.74) is 3.73. The highest BCUT2D eigenvalue weighted by Crippen LogP contribution is 2.39. The van der Waals surface area contributed by atoms with Crippen molar-refractivity contribution >= 4 is 28.2 Å². The van der Waals surface area contributed by atoms with Crippen LogP contribution in [-0.4, -0.2) is 27.1 Å². The van der Waals surface area contributed by atoms with E-state index in [1.807, 2.05) is 6.92 Å². The fourth-order valence-corrected chi connectivity index (χ4v) is 5.28. The lowest BCUT2D eigenvalue weighted by molar-refractivity contribution is 0.0948. The van der Waals surface area contributed by atoms with Gasteiger partial charge < -0.3 is 20.2 Å². The Bertz CT molecular complexity index is 1340. The van der Waals surface area contributed by atoms with Gasteiger partial charge in [-0.25, -0.2) is 0 Å². The quantitative estimate of drug-likeness (QED) is 0.338. The molecule has 0 radical (unpaired) electrons. The van der Waals surface area contributed by atoms with Crippen LogP contribution in [0.15, 0.2) is 47.1 Å². The lowest BCUT2D eigenvalue weighted by Gasteiger charge is -2.08. The molecule has 0 unspecified atom stereocenters. The predicted octanol–water partition coefficient (Wildman–Crippen LogP) is 4.42. The van der Waals surface area contributed by atoms with Gasteiger partial charge in [0, 0.05) is 10.4 Å². The predicted molar refractivity (Wildman–Crippen MR) is 125 cm³/mol. The summed E-state index contributed by atoms with van der Waals surface area (Å²) < 4.78 is 5.29. The van der Waals surface area contributed by atoms with Gasteiger partial charge in [-0.3, -0.25) is 14.7 Å². The first-order valence-corrected chi connectivity index (χ1v) is 11.4. The lowest BCUT2D eigenvalue weighted by Crippen LogP contribution is -2.25. The number of aromatic hydroxyl groups is 1. The van der Waals surface area contributed by atoms with Gasteiger partial charge in [0.15, 0.2) is 0 Å². The Hall–Kier alpha value is -3.85. The van der Waals surface area contributed by atoms with E-state index in [-0.39, 0.29) is 23.9 Å². The van der Waals surface area contributed by atoms with Gasteiger partial charge >= 0.3 is 0 Å². The van der Waals surface area contributed by atoms with E-state index in [0.29, 0.717) is 27.6 Å². The molecule has 4 aromatic rings. The average molecular weight is 463 g/mol. The monoisotopic (exact) mass is 462 g/mol. The molecule has 3 aromatic heterocycles. The summed E-state index contributed by atoms with van der Waals surface area (Å²) >= 11 is 1.44. The van der Waals surface area contributed by atoms with Crippen LogP contribution in [0.1, 0.15) is 49.0 Å². The van der Waals surface area contributed by atoms with Crippen LogP contribution in [0.3, 0.4) is 0 Å². The third-order valence-corrected chi connectivity index (χ3v) is 6.84. The molecule has 0 saturated heterocycles. The van der Waals surface area contributed by atoms with Crippen LogP contribution in [0.2, 0.25) is 0 Å². The molecule has 1 aromatic carbocycles. The Morgan fingerprint density at radius 1 is 1.21 bits per heavy atom. The van der Waals surface area contributed by atoms with Gasteiger partial charge in [-0.1, -0.05) is 11.6 Å². The van der Waals surface area contributed by atoms with Gasteiger partial charge in [0.2, 0.25) is 0 Å². The first-order chi connectivity index (χ1) is 16.0. The Labute approximate surface area is 193 Å². The Balaban J connectivity index is 1.37. The summed E-state index contributed by atoms with van der Waals surface area (Å²) in [7, 11) is 0. The number of amides is 2. The van der Waals surface area contributed by atoms with E-state index in [9.17, 15) is 14.7 Å². The number of carbonyl (C=O) groups excluding carboxylic acids is 2. The molecule has 5 rings (SSSR count). The Morgan fingerprint density at radius 3 is 2.91 bits per heavy atom. The molecule has 4 N–H and O–H groups in total. The number of thiophene rings is 1. The van der Waals surface area contributed by atoms with Crippen LogP contribution in [-0.2, 0) is 19.4 Å². The van der Waals surface area contributed by atoms with Gasteiger partial charge in [0.1, 0.15) is 22.2 Å². The van der Waals surface area contributed by atoms with Crippen molar-refractivity contribution in [2.75, 3.05) is 5.32 Å². The second-order valence-electron chi connectivity index (χ2n) is 7.97. The number of furan rings is 1. The van der Waals surface area contributed by atoms with Gasteiger partial charge in [-0.2, -0.15) is 5.10 Å². The Kier molecular flexibility index (Phi) is 5.47. The van der Waals surface area contributed by atoms with Crippen LogP contribution in [0.4, 0.5) is 5.00 Å². The number of hydrogen-bond acceptors (Lipinski definition) is 6. The van der Waals surface area contributed by atoms with E-state index >= 15 is 0 Å². The van der Waals surface area contributed by atoms with Crippen molar-refractivity contribution in [3.05, 3.63) is 75.7 Å². The van der Waals surface area contributed by atoms with Gasteiger partial charge in [0.25, 0.3) is 11.8 Å².